The number of carbonyl (C=O) groups is 1. The highest BCUT2D eigenvalue weighted by Crippen LogP contribution is 2.37. The quantitative estimate of drug-likeness (QED) is 0.782. The van der Waals surface area contributed by atoms with Crippen LogP contribution in [0.3, 0.4) is 0 Å². The van der Waals surface area contributed by atoms with Gasteiger partial charge >= 0.3 is 6.03 Å². The van der Waals surface area contributed by atoms with E-state index < -0.39 is 0 Å². The van der Waals surface area contributed by atoms with Gasteiger partial charge in [0.25, 0.3) is 0 Å². The van der Waals surface area contributed by atoms with Crippen LogP contribution < -0.4 is 5.32 Å². The van der Waals surface area contributed by atoms with Crippen LogP contribution in [0.2, 0.25) is 0 Å². The van der Waals surface area contributed by atoms with E-state index in [0.29, 0.717) is 6.54 Å². The number of hydrogen-bond acceptors (Lipinski definition) is 4. The third-order valence-corrected chi connectivity index (χ3v) is 5.67. The Bertz CT molecular complexity index is 542. The van der Waals surface area contributed by atoms with Gasteiger partial charge < -0.3 is 15.3 Å². The van der Waals surface area contributed by atoms with E-state index in [4.69, 9.17) is 0 Å². The van der Waals surface area contributed by atoms with Crippen LogP contribution in [0.1, 0.15) is 61.2 Å². The zero-order valence-electron chi connectivity index (χ0n) is 14.7. The Balaban J connectivity index is 1.86. The lowest BCUT2D eigenvalue weighted by Gasteiger charge is -2.31. The van der Waals surface area contributed by atoms with Gasteiger partial charge in [-0.25, -0.2) is 9.78 Å². The summed E-state index contributed by atoms with van der Waals surface area (Å²) in [5.74, 6) is 0. The number of aryl methyl sites for hydroxylation is 2. The molecule has 0 bridgehead atoms. The highest BCUT2D eigenvalue weighted by Gasteiger charge is 2.29. The van der Waals surface area contributed by atoms with E-state index in [1.54, 1.807) is 11.3 Å². The Hall–Kier alpha value is -1.14. The molecule has 130 valence electrons. The molecule has 2 N–H and O–H groups in total. The third-order valence-electron chi connectivity index (χ3n) is 4.55. The van der Waals surface area contributed by atoms with Crippen LogP contribution in [0.4, 0.5) is 4.79 Å². The molecule has 5 nitrogen and oxygen atoms in total. The molecule has 0 saturated carbocycles. The lowest BCUT2D eigenvalue weighted by atomic mass is 9.89. The Labute approximate surface area is 143 Å². The Morgan fingerprint density at radius 3 is 2.96 bits per heavy atom. The van der Waals surface area contributed by atoms with Gasteiger partial charge in [0.15, 0.2) is 0 Å². The van der Waals surface area contributed by atoms with Crippen LogP contribution in [0.5, 0.6) is 0 Å². The fourth-order valence-electron chi connectivity index (χ4n) is 3.00. The number of aromatic nitrogens is 1. The zero-order chi connectivity index (χ0) is 17.0. The fraction of sp³-hybridized carbons (Fsp3) is 0.765. The van der Waals surface area contributed by atoms with Gasteiger partial charge in [-0.05, 0) is 44.4 Å². The minimum atomic E-state index is -0.0743. The minimum absolute atomic E-state index is 0.0179. The van der Waals surface area contributed by atoms with Gasteiger partial charge in [-0.1, -0.05) is 13.8 Å². The molecule has 1 aromatic rings. The summed E-state index contributed by atoms with van der Waals surface area (Å²) in [5, 5.41) is 13.3. The Kier molecular flexibility index (Phi) is 6.03. The number of nitrogens with zero attached hydrogens (tertiary/aromatic N) is 2. The Morgan fingerprint density at radius 1 is 1.52 bits per heavy atom. The van der Waals surface area contributed by atoms with E-state index in [1.165, 1.54) is 10.6 Å². The lowest BCUT2D eigenvalue weighted by molar-refractivity contribution is 0.147. The minimum Gasteiger partial charge on any atom is -0.396 e. The van der Waals surface area contributed by atoms with Crippen molar-refractivity contribution >= 4 is 17.4 Å². The van der Waals surface area contributed by atoms with Crippen LogP contribution >= 0.6 is 11.3 Å². The lowest BCUT2D eigenvalue weighted by Crippen LogP contribution is -2.41. The zero-order valence-corrected chi connectivity index (χ0v) is 15.5. The first-order valence-corrected chi connectivity index (χ1v) is 9.23. The number of rotatable bonds is 6. The number of urea groups is 1. The molecule has 0 fully saturated rings. The van der Waals surface area contributed by atoms with Gasteiger partial charge in [-0.2, -0.15) is 0 Å². The van der Waals surface area contributed by atoms with E-state index >= 15 is 0 Å². The van der Waals surface area contributed by atoms with Gasteiger partial charge in [0.1, 0.15) is 0 Å². The number of nitrogens with one attached hydrogen (secondary N) is 1. The largest absolute Gasteiger partial charge is 0.396 e. The number of thiazole rings is 1. The van der Waals surface area contributed by atoms with Crippen LogP contribution in [-0.4, -0.2) is 41.2 Å². The van der Waals surface area contributed by atoms with Crippen LogP contribution in [-0.2, 0) is 6.42 Å². The van der Waals surface area contributed by atoms with Crippen molar-refractivity contribution in [2.75, 3.05) is 20.2 Å². The van der Waals surface area contributed by atoms with Crippen molar-refractivity contribution in [2.45, 2.75) is 58.9 Å². The molecule has 1 unspecified atom stereocenters. The maximum absolute atomic E-state index is 12.4. The maximum atomic E-state index is 12.4. The van der Waals surface area contributed by atoms with E-state index in [-0.39, 0.29) is 24.1 Å². The van der Waals surface area contributed by atoms with Crippen molar-refractivity contribution in [1.82, 2.24) is 15.2 Å². The molecule has 0 aromatic carbocycles. The third kappa shape index (κ3) is 4.67. The molecule has 1 aromatic heterocycles. The van der Waals surface area contributed by atoms with Gasteiger partial charge in [0, 0.05) is 20.2 Å². The van der Waals surface area contributed by atoms with Gasteiger partial charge in [-0.15, -0.1) is 11.3 Å². The molecule has 1 heterocycles. The van der Waals surface area contributed by atoms with Crippen molar-refractivity contribution in [3.05, 3.63) is 15.6 Å². The molecular formula is C17H29N3O2S. The molecule has 0 saturated heterocycles. The van der Waals surface area contributed by atoms with E-state index in [9.17, 15) is 9.90 Å². The number of fused-ring (bicyclic) bond motifs is 1. The second-order valence-corrected chi connectivity index (χ2v) is 8.46. The molecule has 23 heavy (non-hydrogen) atoms. The van der Waals surface area contributed by atoms with Crippen LogP contribution in [0.15, 0.2) is 0 Å². The van der Waals surface area contributed by atoms with Crippen molar-refractivity contribution < 1.29 is 9.90 Å². The summed E-state index contributed by atoms with van der Waals surface area (Å²) in [6, 6.07) is 0.134. The molecule has 1 atom stereocenters. The van der Waals surface area contributed by atoms with Crippen LogP contribution in [0, 0.1) is 12.3 Å². The molecule has 0 aliphatic heterocycles. The van der Waals surface area contributed by atoms with Crippen molar-refractivity contribution in [3.8, 4) is 0 Å². The summed E-state index contributed by atoms with van der Waals surface area (Å²) < 4.78 is 0. The number of aliphatic hydroxyl groups is 1. The molecule has 2 rings (SSSR count). The standard InChI is InChI=1S/C17H29N3O2S/c1-12-19-13-7-5-8-14(15(13)23-12)20(4)16(22)18-10-6-9-17(2,3)11-21/h14,21H,5-11H2,1-4H3,(H,18,22). The fourth-order valence-corrected chi connectivity index (χ4v) is 4.15. The number of amides is 2. The first-order chi connectivity index (χ1) is 10.8. The van der Waals surface area contributed by atoms with Crippen molar-refractivity contribution in [1.29, 1.82) is 0 Å². The smallest absolute Gasteiger partial charge is 0.317 e. The second-order valence-electron chi connectivity index (χ2n) is 7.22. The topological polar surface area (TPSA) is 65.5 Å². The highest BCUT2D eigenvalue weighted by atomic mass is 32.1. The van der Waals surface area contributed by atoms with Crippen molar-refractivity contribution in [3.63, 3.8) is 0 Å². The highest BCUT2D eigenvalue weighted by molar-refractivity contribution is 7.11. The number of hydrogen-bond donors (Lipinski definition) is 2. The predicted octanol–water partition coefficient (Wildman–Crippen LogP) is 3.27. The average Bonchev–Trinajstić information content (AvgIpc) is 2.90. The first kappa shape index (κ1) is 18.2. The summed E-state index contributed by atoms with van der Waals surface area (Å²) >= 11 is 1.72. The molecule has 1 aliphatic carbocycles. The predicted molar refractivity (Wildman–Crippen MR) is 93.8 cm³/mol. The molecule has 1 aliphatic rings. The molecular weight excluding hydrogens is 310 g/mol. The number of carbonyl (C=O) groups excluding carboxylic acids is 1. The average molecular weight is 340 g/mol. The molecule has 0 radical (unpaired) electrons. The van der Waals surface area contributed by atoms with Gasteiger partial charge in [0.05, 0.1) is 21.6 Å². The monoisotopic (exact) mass is 339 g/mol. The Morgan fingerprint density at radius 2 is 2.26 bits per heavy atom. The molecule has 0 spiro atoms. The summed E-state index contributed by atoms with van der Waals surface area (Å²) in [7, 11) is 1.88. The van der Waals surface area contributed by atoms with E-state index in [0.717, 1.165) is 37.1 Å². The summed E-state index contributed by atoms with van der Waals surface area (Å²) in [5.41, 5.74) is 1.10. The molecule has 6 heteroatoms. The summed E-state index contributed by atoms with van der Waals surface area (Å²) in [6.45, 7) is 6.93. The summed E-state index contributed by atoms with van der Waals surface area (Å²) in [6.07, 6.45) is 4.90. The maximum Gasteiger partial charge on any atom is 0.317 e. The van der Waals surface area contributed by atoms with Crippen LogP contribution in [0.25, 0.3) is 0 Å². The van der Waals surface area contributed by atoms with Gasteiger partial charge in [0.2, 0.25) is 0 Å². The van der Waals surface area contributed by atoms with Gasteiger partial charge in [-0.3, -0.25) is 0 Å². The molecule has 2 amide bonds. The van der Waals surface area contributed by atoms with E-state index in [2.05, 4.69) is 10.3 Å². The SMILES string of the molecule is Cc1nc2c(s1)C(N(C)C(=O)NCCCC(C)(C)CO)CCC2. The number of aliphatic hydroxyl groups excluding tert-OH is 1. The van der Waals surface area contributed by atoms with E-state index in [1.807, 2.05) is 32.7 Å². The summed E-state index contributed by atoms with van der Waals surface area (Å²) in [4.78, 5) is 20.1. The van der Waals surface area contributed by atoms with Crippen molar-refractivity contribution in [2.24, 2.45) is 5.41 Å². The first-order valence-electron chi connectivity index (χ1n) is 8.42. The second kappa shape index (κ2) is 7.62. The normalized spacial score (nSPS) is 17.7.